The Balaban J connectivity index is 3.29. The third kappa shape index (κ3) is 23.5. The SMILES string of the molecule is CCCCCCCCCCCCCCCC(=O)CC(=O)CCCCCCCCC. The van der Waals surface area contributed by atoms with Crippen LogP contribution in [0, 0.1) is 0 Å². The lowest BCUT2D eigenvalue weighted by molar-refractivity contribution is -0.127. The van der Waals surface area contributed by atoms with Gasteiger partial charge in [0.15, 0.2) is 0 Å². The van der Waals surface area contributed by atoms with E-state index in [1.807, 2.05) is 0 Å². The molecule has 0 N–H and O–H groups in total. The van der Waals surface area contributed by atoms with Gasteiger partial charge in [0.1, 0.15) is 11.6 Å². The molecule has 0 amide bonds. The quantitative estimate of drug-likeness (QED) is 0.118. The lowest BCUT2D eigenvalue weighted by Crippen LogP contribution is -2.07. The van der Waals surface area contributed by atoms with Gasteiger partial charge in [0.25, 0.3) is 0 Å². The van der Waals surface area contributed by atoms with E-state index < -0.39 is 0 Å². The van der Waals surface area contributed by atoms with E-state index in [0.29, 0.717) is 12.8 Å². The largest absolute Gasteiger partial charge is 0.299 e. The van der Waals surface area contributed by atoms with Crippen molar-refractivity contribution in [1.82, 2.24) is 0 Å². The first-order valence-electron chi connectivity index (χ1n) is 13.2. The lowest BCUT2D eigenvalue weighted by atomic mass is 10.0. The molecule has 0 spiro atoms. The van der Waals surface area contributed by atoms with Crippen LogP contribution in [0.15, 0.2) is 0 Å². The molecule has 0 fully saturated rings. The average molecular weight is 409 g/mol. The van der Waals surface area contributed by atoms with Crippen LogP contribution in [0.2, 0.25) is 0 Å². The molecule has 0 saturated carbocycles. The maximum atomic E-state index is 11.9. The maximum Gasteiger partial charge on any atom is 0.140 e. The van der Waals surface area contributed by atoms with Crippen molar-refractivity contribution in [1.29, 1.82) is 0 Å². The molecule has 0 aromatic carbocycles. The summed E-state index contributed by atoms with van der Waals surface area (Å²) in [6.45, 7) is 4.50. The van der Waals surface area contributed by atoms with Crippen LogP contribution in [0.4, 0.5) is 0 Å². The molecule has 0 aromatic heterocycles. The predicted molar refractivity (Wildman–Crippen MR) is 128 cm³/mol. The standard InChI is InChI=1S/C27H52O2/c1-3-5-7-9-11-12-13-14-15-16-18-20-22-24-27(29)25-26(28)23-21-19-17-10-8-6-4-2/h3-25H2,1-2H3. The number of hydrogen-bond acceptors (Lipinski definition) is 2. The van der Waals surface area contributed by atoms with Gasteiger partial charge < -0.3 is 0 Å². The molecule has 0 radical (unpaired) electrons. The summed E-state index contributed by atoms with van der Waals surface area (Å²) >= 11 is 0. The first-order valence-corrected chi connectivity index (χ1v) is 13.2. The van der Waals surface area contributed by atoms with Gasteiger partial charge in [0.05, 0.1) is 6.42 Å². The minimum absolute atomic E-state index is 0.165. The van der Waals surface area contributed by atoms with Crippen molar-refractivity contribution in [3.8, 4) is 0 Å². The second-order valence-corrected chi connectivity index (χ2v) is 9.12. The summed E-state index contributed by atoms with van der Waals surface area (Å²) < 4.78 is 0. The summed E-state index contributed by atoms with van der Waals surface area (Å²) in [6, 6.07) is 0. The number of ketones is 2. The molecule has 0 aliphatic heterocycles. The van der Waals surface area contributed by atoms with E-state index in [1.54, 1.807) is 0 Å². The van der Waals surface area contributed by atoms with E-state index in [4.69, 9.17) is 0 Å². The fourth-order valence-corrected chi connectivity index (χ4v) is 4.02. The maximum absolute atomic E-state index is 11.9. The number of rotatable bonds is 24. The van der Waals surface area contributed by atoms with Crippen molar-refractivity contribution in [2.45, 2.75) is 162 Å². The monoisotopic (exact) mass is 408 g/mol. The van der Waals surface area contributed by atoms with Crippen LogP contribution in [-0.4, -0.2) is 11.6 Å². The van der Waals surface area contributed by atoms with Crippen molar-refractivity contribution in [2.24, 2.45) is 0 Å². The summed E-state index contributed by atoms with van der Waals surface area (Å²) in [6.07, 6.45) is 27.2. The average Bonchev–Trinajstić information content (AvgIpc) is 2.70. The molecule has 0 bridgehead atoms. The van der Waals surface area contributed by atoms with Crippen molar-refractivity contribution < 1.29 is 9.59 Å². The van der Waals surface area contributed by atoms with E-state index in [0.717, 1.165) is 25.7 Å². The molecule has 0 aromatic rings. The number of Topliss-reactive ketones (excluding diaryl/α,β-unsaturated/α-hetero) is 2. The van der Waals surface area contributed by atoms with Crippen LogP contribution in [0.1, 0.15) is 162 Å². The van der Waals surface area contributed by atoms with Gasteiger partial charge in [0.2, 0.25) is 0 Å². The van der Waals surface area contributed by atoms with Gasteiger partial charge in [0, 0.05) is 12.8 Å². The molecular formula is C27H52O2. The van der Waals surface area contributed by atoms with Crippen LogP contribution >= 0.6 is 0 Å². The van der Waals surface area contributed by atoms with E-state index in [9.17, 15) is 9.59 Å². The van der Waals surface area contributed by atoms with Gasteiger partial charge >= 0.3 is 0 Å². The molecule has 0 saturated heterocycles. The summed E-state index contributed by atoms with van der Waals surface area (Å²) in [5.41, 5.74) is 0. The van der Waals surface area contributed by atoms with Crippen LogP contribution in [0.5, 0.6) is 0 Å². The molecular weight excluding hydrogens is 356 g/mol. The molecule has 2 heteroatoms. The highest BCUT2D eigenvalue weighted by Gasteiger charge is 2.09. The van der Waals surface area contributed by atoms with Crippen molar-refractivity contribution in [2.75, 3.05) is 0 Å². The van der Waals surface area contributed by atoms with Gasteiger partial charge in [-0.1, -0.05) is 129 Å². The van der Waals surface area contributed by atoms with Crippen molar-refractivity contribution in [3.63, 3.8) is 0 Å². The zero-order chi connectivity index (χ0) is 21.4. The van der Waals surface area contributed by atoms with Crippen LogP contribution in [0.3, 0.4) is 0 Å². The third-order valence-electron chi connectivity index (χ3n) is 6.01. The number of hydrogen-bond donors (Lipinski definition) is 0. The molecule has 0 atom stereocenters. The summed E-state index contributed by atoms with van der Waals surface area (Å²) in [4.78, 5) is 23.8. The molecule has 0 aliphatic carbocycles. The van der Waals surface area contributed by atoms with Gasteiger partial charge in [-0.2, -0.15) is 0 Å². The third-order valence-corrected chi connectivity index (χ3v) is 6.01. The van der Waals surface area contributed by atoms with Crippen molar-refractivity contribution >= 4 is 11.6 Å². The molecule has 2 nitrogen and oxygen atoms in total. The highest BCUT2D eigenvalue weighted by molar-refractivity contribution is 5.98. The second-order valence-electron chi connectivity index (χ2n) is 9.12. The summed E-state index contributed by atoms with van der Waals surface area (Å²) in [5, 5.41) is 0. The highest BCUT2D eigenvalue weighted by Crippen LogP contribution is 2.14. The first kappa shape index (κ1) is 28.3. The van der Waals surface area contributed by atoms with E-state index in [1.165, 1.54) is 103 Å². The molecule has 0 unspecified atom stereocenters. The summed E-state index contributed by atoms with van der Waals surface area (Å²) in [5.74, 6) is 0.333. The predicted octanol–water partition coefficient (Wildman–Crippen LogP) is 9.14. The molecule has 0 aliphatic rings. The van der Waals surface area contributed by atoms with Gasteiger partial charge in [-0.05, 0) is 12.8 Å². The zero-order valence-corrected chi connectivity index (χ0v) is 20.1. The van der Waals surface area contributed by atoms with E-state index in [2.05, 4.69) is 13.8 Å². The van der Waals surface area contributed by atoms with Gasteiger partial charge in [-0.25, -0.2) is 0 Å². The van der Waals surface area contributed by atoms with Crippen LogP contribution < -0.4 is 0 Å². The van der Waals surface area contributed by atoms with E-state index >= 15 is 0 Å². The Morgan fingerprint density at radius 2 is 0.621 bits per heavy atom. The zero-order valence-electron chi connectivity index (χ0n) is 20.1. The normalized spacial score (nSPS) is 11.1. The number of carbonyl (C=O) groups excluding carboxylic acids is 2. The fraction of sp³-hybridized carbons (Fsp3) is 0.926. The van der Waals surface area contributed by atoms with Crippen LogP contribution in [0.25, 0.3) is 0 Å². The Kier molecular flexibility index (Phi) is 23.1. The van der Waals surface area contributed by atoms with Crippen molar-refractivity contribution in [3.05, 3.63) is 0 Å². The Labute approximate surface area is 183 Å². The van der Waals surface area contributed by atoms with Gasteiger partial charge in [-0.3, -0.25) is 9.59 Å². The fourth-order valence-electron chi connectivity index (χ4n) is 4.02. The Bertz CT molecular complexity index is 362. The highest BCUT2D eigenvalue weighted by atomic mass is 16.1. The minimum atomic E-state index is 0.165. The van der Waals surface area contributed by atoms with Crippen LogP contribution in [-0.2, 0) is 9.59 Å². The number of unbranched alkanes of at least 4 members (excludes halogenated alkanes) is 18. The smallest absolute Gasteiger partial charge is 0.140 e. The topological polar surface area (TPSA) is 34.1 Å². The first-order chi connectivity index (χ1) is 14.2. The Morgan fingerprint density at radius 3 is 0.897 bits per heavy atom. The second kappa shape index (κ2) is 23.6. The molecule has 0 heterocycles. The van der Waals surface area contributed by atoms with Gasteiger partial charge in [-0.15, -0.1) is 0 Å². The lowest BCUT2D eigenvalue weighted by Gasteiger charge is -2.04. The van der Waals surface area contributed by atoms with E-state index in [-0.39, 0.29) is 18.0 Å². The Hall–Kier alpha value is -0.660. The molecule has 172 valence electrons. The molecule has 0 rings (SSSR count). The minimum Gasteiger partial charge on any atom is -0.299 e. The summed E-state index contributed by atoms with van der Waals surface area (Å²) in [7, 11) is 0. The Morgan fingerprint density at radius 1 is 0.379 bits per heavy atom. The molecule has 29 heavy (non-hydrogen) atoms. The number of carbonyl (C=O) groups is 2.